The van der Waals surface area contributed by atoms with Crippen molar-refractivity contribution in [3.8, 4) is 5.75 Å². The molecule has 96 valence electrons. The Morgan fingerprint density at radius 1 is 1.12 bits per heavy atom. The van der Waals surface area contributed by atoms with Gasteiger partial charge in [-0.3, -0.25) is 0 Å². The van der Waals surface area contributed by atoms with Gasteiger partial charge in [-0.25, -0.2) is 0 Å². The molecule has 0 amide bonds. The Hall–Kier alpha value is -1.22. The second-order valence-electron chi connectivity index (χ2n) is 5.47. The van der Waals surface area contributed by atoms with Crippen molar-refractivity contribution in [2.24, 2.45) is 0 Å². The van der Waals surface area contributed by atoms with Crippen LogP contribution < -0.4 is 10.1 Å². The van der Waals surface area contributed by atoms with Crippen molar-refractivity contribution in [3.05, 3.63) is 24.3 Å². The fourth-order valence-corrected chi connectivity index (χ4v) is 1.42. The highest BCUT2D eigenvalue weighted by Gasteiger charge is 2.11. The smallest absolute Gasteiger partial charge is 0.120 e. The van der Waals surface area contributed by atoms with Crippen molar-refractivity contribution in [1.82, 2.24) is 4.90 Å². The minimum atomic E-state index is -0.139. The monoisotopic (exact) mass is 236 g/mol. The molecule has 0 spiro atoms. The van der Waals surface area contributed by atoms with Crippen LogP contribution in [0, 0.1) is 0 Å². The third kappa shape index (κ3) is 6.17. The van der Waals surface area contributed by atoms with Crippen molar-refractivity contribution in [1.29, 1.82) is 0 Å². The molecule has 0 saturated heterocycles. The van der Waals surface area contributed by atoms with Crippen LogP contribution in [-0.4, -0.2) is 37.7 Å². The zero-order valence-corrected chi connectivity index (χ0v) is 11.6. The first-order valence-electron chi connectivity index (χ1n) is 6.04. The lowest BCUT2D eigenvalue weighted by molar-refractivity contribution is 0.131. The van der Waals surface area contributed by atoms with E-state index in [1.165, 1.54) is 0 Å². The highest BCUT2D eigenvalue weighted by Crippen LogP contribution is 2.20. The van der Waals surface area contributed by atoms with Crippen LogP contribution in [0.4, 0.5) is 5.69 Å². The van der Waals surface area contributed by atoms with Crippen molar-refractivity contribution in [2.45, 2.75) is 26.4 Å². The summed E-state index contributed by atoms with van der Waals surface area (Å²) in [7, 11) is 4.14. The molecule has 0 heterocycles. The average molecular weight is 236 g/mol. The number of likely N-dealkylation sites (N-methyl/N-ethyl adjacent to an activating group) is 1. The summed E-state index contributed by atoms with van der Waals surface area (Å²) in [5.74, 6) is 0.913. The number of benzene rings is 1. The summed E-state index contributed by atoms with van der Waals surface area (Å²) in [5, 5.41) is 3.37. The zero-order chi connectivity index (χ0) is 12.9. The molecule has 0 radical (unpaired) electrons. The molecule has 0 aromatic heterocycles. The molecule has 0 aliphatic rings. The van der Waals surface area contributed by atoms with Crippen LogP contribution in [0.2, 0.25) is 0 Å². The van der Waals surface area contributed by atoms with E-state index in [0.29, 0.717) is 0 Å². The van der Waals surface area contributed by atoms with Gasteiger partial charge in [0, 0.05) is 18.8 Å². The lowest BCUT2D eigenvalue weighted by atomic mass is 10.2. The molecular weight excluding hydrogens is 212 g/mol. The Balaban J connectivity index is 2.45. The average Bonchev–Trinajstić information content (AvgIpc) is 2.18. The van der Waals surface area contributed by atoms with Crippen molar-refractivity contribution < 1.29 is 4.74 Å². The van der Waals surface area contributed by atoms with Gasteiger partial charge in [0.25, 0.3) is 0 Å². The van der Waals surface area contributed by atoms with Gasteiger partial charge in [-0.05, 0) is 59.1 Å². The van der Waals surface area contributed by atoms with E-state index in [2.05, 4.69) is 57.2 Å². The molecule has 3 nitrogen and oxygen atoms in total. The quantitative estimate of drug-likeness (QED) is 0.851. The van der Waals surface area contributed by atoms with Crippen LogP contribution in [0.3, 0.4) is 0 Å². The Labute approximate surface area is 105 Å². The van der Waals surface area contributed by atoms with Crippen LogP contribution in [0.15, 0.2) is 24.3 Å². The predicted molar refractivity (Wildman–Crippen MR) is 73.9 cm³/mol. The maximum atomic E-state index is 5.76. The summed E-state index contributed by atoms with van der Waals surface area (Å²) < 4.78 is 5.76. The number of ether oxygens (including phenoxy) is 1. The summed E-state index contributed by atoms with van der Waals surface area (Å²) in [6.45, 7) is 8.13. The van der Waals surface area contributed by atoms with Gasteiger partial charge < -0.3 is 15.0 Å². The summed E-state index contributed by atoms with van der Waals surface area (Å²) in [5.41, 5.74) is 0.993. The van der Waals surface area contributed by atoms with Gasteiger partial charge in [-0.15, -0.1) is 0 Å². The first-order valence-corrected chi connectivity index (χ1v) is 6.04. The van der Waals surface area contributed by atoms with E-state index in [-0.39, 0.29) is 5.60 Å². The minimum absolute atomic E-state index is 0.139. The Morgan fingerprint density at radius 3 is 2.18 bits per heavy atom. The molecular formula is C14H24N2O. The van der Waals surface area contributed by atoms with Gasteiger partial charge >= 0.3 is 0 Å². The standard InChI is InChI=1S/C14H24N2O/c1-14(2,3)17-13-8-6-12(7-9-13)15-10-11-16(4)5/h6-9,15H,10-11H2,1-5H3. The van der Waals surface area contributed by atoms with Crippen molar-refractivity contribution in [2.75, 3.05) is 32.5 Å². The third-order valence-electron chi connectivity index (χ3n) is 2.17. The van der Waals surface area contributed by atoms with Gasteiger partial charge in [0.2, 0.25) is 0 Å². The van der Waals surface area contributed by atoms with Gasteiger partial charge in [0.1, 0.15) is 11.4 Å². The van der Waals surface area contributed by atoms with Gasteiger partial charge in [-0.2, -0.15) is 0 Å². The number of nitrogens with zero attached hydrogens (tertiary/aromatic N) is 1. The van der Waals surface area contributed by atoms with Gasteiger partial charge in [0.05, 0.1) is 0 Å². The number of rotatable bonds is 5. The van der Waals surface area contributed by atoms with Crippen LogP contribution in [0.5, 0.6) is 5.75 Å². The highest BCUT2D eigenvalue weighted by molar-refractivity contribution is 5.46. The number of hydrogen-bond donors (Lipinski definition) is 1. The minimum Gasteiger partial charge on any atom is -0.488 e. The fraction of sp³-hybridized carbons (Fsp3) is 0.571. The predicted octanol–water partition coefficient (Wildman–Crippen LogP) is 2.84. The Kier molecular flexibility index (Phi) is 4.82. The van der Waals surface area contributed by atoms with Crippen LogP contribution in [-0.2, 0) is 0 Å². The lowest BCUT2D eigenvalue weighted by Gasteiger charge is -2.21. The second-order valence-corrected chi connectivity index (χ2v) is 5.47. The molecule has 0 aliphatic heterocycles. The van der Waals surface area contributed by atoms with Crippen LogP contribution >= 0.6 is 0 Å². The largest absolute Gasteiger partial charge is 0.488 e. The highest BCUT2D eigenvalue weighted by atomic mass is 16.5. The molecule has 0 aliphatic carbocycles. The first-order chi connectivity index (χ1) is 7.87. The molecule has 1 rings (SSSR count). The summed E-state index contributed by atoms with van der Waals surface area (Å²) in [6.07, 6.45) is 0. The second kappa shape index (κ2) is 5.92. The van der Waals surface area contributed by atoms with Crippen LogP contribution in [0.1, 0.15) is 20.8 Å². The molecule has 1 aromatic rings. The van der Waals surface area contributed by atoms with Crippen LogP contribution in [0.25, 0.3) is 0 Å². The first kappa shape index (κ1) is 13.8. The zero-order valence-electron chi connectivity index (χ0n) is 11.6. The molecule has 17 heavy (non-hydrogen) atoms. The number of hydrogen-bond acceptors (Lipinski definition) is 3. The molecule has 0 atom stereocenters. The van der Waals surface area contributed by atoms with Crippen molar-refractivity contribution in [3.63, 3.8) is 0 Å². The van der Waals surface area contributed by atoms with E-state index in [9.17, 15) is 0 Å². The SMILES string of the molecule is CN(C)CCNc1ccc(OC(C)(C)C)cc1. The molecule has 0 saturated carbocycles. The van der Waals surface area contributed by atoms with E-state index in [1.807, 2.05) is 12.1 Å². The lowest BCUT2D eigenvalue weighted by Crippen LogP contribution is -2.23. The number of nitrogens with one attached hydrogen (secondary N) is 1. The van der Waals surface area contributed by atoms with E-state index in [0.717, 1.165) is 24.5 Å². The third-order valence-corrected chi connectivity index (χ3v) is 2.17. The van der Waals surface area contributed by atoms with E-state index in [4.69, 9.17) is 4.74 Å². The molecule has 3 heteroatoms. The maximum Gasteiger partial charge on any atom is 0.120 e. The molecule has 0 fully saturated rings. The molecule has 1 aromatic carbocycles. The Morgan fingerprint density at radius 2 is 1.71 bits per heavy atom. The molecule has 0 bridgehead atoms. The van der Waals surface area contributed by atoms with E-state index < -0.39 is 0 Å². The number of anilines is 1. The molecule has 1 N–H and O–H groups in total. The Bertz CT molecular complexity index is 325. The van der Waals surface area contributed by atoms with E-state index >= 15 is 0 Å². The van der Waals surface area contributed by atoms with E-state index in [1.54, 1.807) is 0 Å². The molecule has 0 unspecified atom stereocenters. The summed E-state index contributed by atoms with van der Waals surface area (Å²) >= 11 is 0. The topological polar surface area (TPSA) is 24.5 Å². The fourth-order valence-electron chi connectivity index (χ4n) is 1.42. The van der Waals surface area contributed by atoms with Gasteiger partial charge in [-0.1, -0.05) is 0 Å². The van der Waals surface area contributed by atoms with Gasteiger partial charge in [0.15, 0.2) is 0 Å². The summed E-state index contributed by atoms with van der Waals surface area (Å²) in [4.78, 5) is 2.16. The summed E-state index contributed by atoms with van der Waals surface area (Å²) in [6, 6.07) is 8.11. The van der Waals surface area contributed by atoms with Crippen molar-refractivity contribution >= 4 is 5.69 Å². The maximum absolute atomic E-state index is 5.76. The normalized spacial score (nSPS) is 11.6.